The van der Waals surface area contributed by atoms with E-state index in [9.17, 15) is 13.2 Å². The van der Waals surface area contributed by atoms with E-state index in [4.69, 9.17) is 10.5 Å². The number of carbonyl (C=O) groups excluding carboxylic acids is 1. The number of carbonyl (C=O) groups is 1. The second-order valence-electron chi connectivity index (χ2n) is 8.00. The van der Waals surface area contributed by atoms with Crippen LogP contribution in [0.25, 0.3) is 11.1 Å². The third kappa shape index (κ3) is 7.27. The topological polar surface area (TPSA) is 114 Å². The van der Waals surface area contributed by atoms with Crippen molar-refractivity contribution in [3.63, 3.8) is 0 Å². The quantitative estimate of drug-likeness (QED) is 0.361. The first-order valence-electron chi connectivity index (χ1n) is 10.7. The van der Waals surface area contributed by atoms with Gasteiger partial charge in [0.2, 0.25) is 0 Å². The highest BCUT2D eigenvalue weighted by atomic mass is 35.5. The fourth-order valence-corrected chi connectivity index (χ4v) is 4.77. The highest BCUT2D eigenvalue weighted by Gasteiger charge is 2.23. The summed E-state index contributed by atoms with van der Waals surface area (Å²) in [5.74, 6) is 0.0948. The zero-order valence-electron chi connectivity index (χ0n) is 20.6. The number of benzene rings is 3. The van der Waals surface area contributed by atoms with Gasteiger partial charge in [-0.25, -0.2) is 8.42 Å². The van der Waals surface area contributed by atoms with Crippen LogP contribution in [-0.4, -0.2) is 53.5 Å². The molecule has 0 aliphatic rings. The van der Waals surface area contributed by atoms with Crippen molar-refractivity contribution in [2.75, 3.05) is 44.3 Å². The molecule has 11 heteroatoms. The van der Waals surface area contributed by atoms with Crippen LogP contribution in [0, 0.1) is 6.92 Å². The molecule has 3 rings (SSSR count). The lowest BCUT2D eigenvalue weighted by Gasteiger charge is -2.17. The monoisotopic (exact) mass is 554 g/mol. The Balaban J connectivity index is 0.00000324. The molecule has 0 radical (unpaired) electrons. The maximum Gasteiger partial charge on any atom is 0.265 e. The molecule has 0 aliphatic heterocycles. The number of rotatable bonds is 9. The van der Waals surface area contributed by atoms with Crippen LogP contribution in [0.2, 0.25) is 0 Å². The highest BCUT2D eigenvalue weighted by molar-refractivity contribution is 7.92. The average Bonchev–Trinajstić information content (AvgIpc) is 2.81. The molecule has 0 aliphatic carbocycles. The molecule has 0 atom stereocenters. The van der Waals surface area contributed by atoms with Gasteiger partial charge in [-0.05, 0) is 66.1 Å². The standard InChI is InChI=1S/C25H30N4O4S.2ClH/c1-17-13-23(33-4)24(16-22(17)18-7-5-8-19(14-18)25(30)29(2)3)34(31,32)28-21-10-6-9-20(15-21)27-12-11-26;;/h5-10,13-16,27-28H,11-12,26H2,1-4H3;2*1H. The van der Waals surface area contributed by atoms with Crippen LogP contribution in [0.1, 0.15) is 15.9 Å². The molecule has 4 N–H and O–H groups in total. The number of nitrogens with one attached hydrogen (secondary N) is 2. The maximum atomic E-state index is 13.4. The van der Waals surface area contributed by atoms with Gasteiger partial charge in [-0.15, -0.1) is 24.8 Å². The first-order chi connectivity index (χ1) is 16.2. The molecule has 196 valence electrons. The van der Waals surface area contributed by atoms with Gasteiger partial charge in [0.25, 0.3) is 15.9 Å². The molecule has 0 spiro atoms. The molecule has 0 heterocycles. The van der Waals surface area contributed by atoms with Gasteiger partial charge in [0.05, 0.1) is 12.8 Å². The van der Waals surface area contributed by atoms with E-state index in [1.54, 1.807) is 62.6 Å². The number of sulfonamides is 1. The minimum atomic E-state index is -3.98. The predicted molar refractivity (Wildman–Crippen MR) is 150 cm³/mol. The van der Waals surface area contributed by atoms with Gasteiger partial charge >= 0.3 is 0 Å². The van der Waals surface area contributed by atoms with Crippen molar-refractivity contribution < 1.29 is 17.9 Å². The Kier molecular flexibility index (Phi) is 11.5. The van der Waals surface area contributed by atoms with Gasteiger partial charge in [-0.2, -0.15) is 0 Å². The second kappa shape index (κ2) is 13.4. The van der Waals surface area contributed by atoms with Gasteiger partial charge in [0.1, 0.15) is 10.6 Å². The van der Waals surface area contributed by atoms with Gasteiger partial charge in [-0.1, -0.05) is 18.2 Å². The number of nitrogens with zero attached hydrogens (tertiary/aromatic N) is 1. The lowest BCUT2D eigenvalue weighted by Crippen LogP contribution is -2.21. The van der Waals surface area contributed by atoms with Crippen molar-refractivity contribution in [3.8, 4) is 16.9 Å². The first kappa shape index (κ1) is 31.1. The number of methoxy groups -OCH3 is 1. The third-order valence-electron chi connectivity index (χ3n) is 5.22. The fraction of sp³-hybridized carbons (Fsp3) is 0.240. The van der Waals surface area contributed by atoms with E-state index >= 15 is 0 Å². The summed E-state index contributed by atoms with van der Waals surface area (Å²) in [4.78, 5) is 13.9. The van der Waals surface area contributed by atoms with Crippen LogP contribution in [0.4, 0.5) is 11.4 Å². The number of hydrogen-bond acceptors (Lipinski definition) is 6. The Morgan fingerprint density at radius 3 is 2.31 bits per heavy atom. The summed E-state index contributed by atoms with van der Waals surface area (Å²) in [5, 5.41) is 3.13. The van der Waals surface area contributed by atoms with Crippen molar-refractivity contribution >= 4 is 52.1 Å². The molecular formula is C25H32Cl2N4O4S. The molecule has 0 saturated heterocycles. The lowest BCUT2D eigenvalue weighted by molar-refractivity contribution is 0.0827. The van der Waals surface area contributed by atoms with Crippen LogP contribution in [-0.2, 0) is 10.0 Å². The highest BCUT2D eigenvalue weighted by Crippen LogP contribution is 2.34. The number of hydrogen-bond donors (Lipinski definition) is 3. The zero-order valence-corrected chi connectivity index (χ0v) is 23.0. The number of amides is 1. The van der Waals surface area contributed by atoms with Crippen LogP contribution < -0.4 is 20.5 Å². The van der Waals surface area contributed by atoms with E-state index in [0.717, 1.165) is 16.8 Å². The molecular weight excluding hydrogens is 523 g/mol. The summed E-state index contributed by atoms with van der Waals surface area (Å²) in [6.45, 7) is 2.90. The summed E-state index contributed by atoms with van der Waals surface area (Å²) in [6.07, 6.45) is 0. The third-order valence-corrected chi connectivity index (χ3v) is 6.62. The van der Waals surface area contributed by atoms with E-state index in [0.29, 0.717) is 29.9 Å². The molecule has 0 aromatic heterocycles. The second-order valence-corrected chi connectivity index (χ2v) is 9.65. The molecule has 3 aromatic rings. The van der Waals surface area contributed by atoms with Gasteiger partial charge in [0, 0.05) is 38.4 Å². The molecule has 3 aromatic carbocycles. The van der Waals surface area contributed by atoms with Crippen LogP contribution in [0.15, 0.2) is 65.6 Å². The zero-order chi connectivity index (χ0) is 24.9. The Bertz CT molecular complexity index is 1300. The van der Waals surface area contributed by atoms with Crippen molar-refractivity contribution in [2.45, 2.75) is 11.8 Å². The Morgan fingerprint density at radius 2 is 1.67 bits per heavy atom. The summed E-state index contributed by atoms with van der Waals surface area (Å²) in [7, 11) is 0.819. The van der Waals surface area contributed by atoms with E-state index in [-0.39, 0.29) is 41.4 Å². The van der Waals surface area contributed by atoms with Crippen LogP contribution >= 0.6 is 24.8 Å². The summed E-state index contributed by atoms with van der Waals surface area (Å²) >= 11 is 0. The van der Waals surface area contributed by atoms with Crippen molar-refractivity contribution in [1.29, 1.82) is 0 Å². The largest absolute Gasteiger partial charge is 0.495 e. The van der Waals surface area contributed by atoms with E-state index in [1.165, 1.54) is 12.0 Å². The van der Waals surface area contributed by atoms with E-state index in [2.05, 4.69) is 10.0 Å². The summed E-state index contributed by atoms with van der Waals surface area (Å²) in [5.41, 5.74) is 9.45. The molecule has 0 unspecified atom stereocenters. The smallest absolute Gasteiger partial charge is 0.265 e. The van der Waals surface area contributed by atoms with E-state index < -0.39 is 10.0 Å². The van der Waals surface area contributed by atoms with Gasteiger partial charge in [-0.3, -0.25) is 9.52 Å². The van der Waals surface area contributed by atoms with Gasteiger partial charge < -0.3 is 20.7 Å². The normalized spacial score (nSPS) is 10.5. The minimum Gasteiger partial charge on any atom is -0.495 e. The van der Waals surface area contributed by atoms with Crippen molar-refractivity contribution in [1.82, 2.24) is 4.90 Å². The molecule has 1 amide bonds. The number of ether oxygens (including phenoxy) is 1. The average molecular weight is 556 g/mol. The van der Waals surface area contributed by atoms with E-state index in [1.807, 2.05) is 19.1 Å². The number of nitrogens with two attached hydrogens (primary N) is 1. The van der Waals surface area contributed by atoms with Crippen LogP contribution in [0.5, 0.6) is 5.75 Å². The van der Waals surface area contributed by atoms with Crippen molar-refractivity contribution in [3.05, 3.63) is 71.8 Å². The predicted octanol–water partition coefficient (Wildman–Crippen LogP) is 4.39. The van der Waals surface area contributed by atoms with Gasteiger partial charge in [0.15, 0.2) is 0 Å². The molecule has 36 heavy (non-hydrogen) atoms. The summed E-state index contributed by atoms with van der Waals surface area (Å²) in [6, 6.07) is 17.3. The van der Waals surface area contributed by atoms with Crippen molar-refractivity contribution in [2.24, 2.45) is 5.73 Å². The van der Waals surface area contributed by atoms with Crippen LogP contribution in [0.3, 0.4) is 0 Å². The Hall–Kier alpha value is -2.98. The molecule has 0 saturated carbocycles. The Morgan fingerprint density at radius 1 is 1.00 bits per heavy atom. The lowest BCUT2D eigenvalue weighted by atomic mass is 9.98. The number of aryl methyl sites for hydroxylation is 1. The minimum absolute atomic E-state index is 0. The Labute approximate surface area is 225 Å². The maximum absolute atomic E-state index is 13.4. The first-order valence-corrected chi connectivity index (χ1v) is 12.2. The molecule has 0 bridgehead atoms. The summed E-state index contributed by atoms with van der Waals surface area (Å²) < 4.78 is 34.8. The fourth-order valence-electron chi connectivity index (χ4n) is 3.54. The SMILES string of the molecule is COc1cc(C)c(-c2cccc(C(=O)N(C)C)c2)cc1S(=O)(=O)Nc1cccc(NCCN)c1.Cl.Cl. The molecule has 8 nitrogen and oxygen atoms in total. The molecule has 0 fully saturated rings. The number of halogens is 2. The number of anilines is 2.